The van der Waals surface area contributed by atoms with Gasteiger partial charge >= 0.3 is 0 Å². The third-order valence-electron chi connectivity index (χ3n) is 4.38. The second-order valence-corrected chi connectivity index (χ2v) is 5.65. The number of fused-ring (bicyclic) bond motifs is 1. The molecule has 6 nitrogen and oxygen atoms in total. The van der Waals surface area contributed by atoms with E-state index in [1.165, 1.54) is 0 Å². The van der Waals surface area contributed by atoms with E-state index in [4.69, 9.17) is 29.4 Å². The van der Waals surface area contributed by atoms with Gasteiger partial charge in [0.25, 0.3) is 0 Å². The molecular formula is C17H27NO5. The molecular weight excluding hydrogens is 298 g/mol. The molecule has 0 amide bonds. The minimum atomic E-state index is -0.102. The predicted molar refractivity (Wildman–Crippen MR) is 87.3 cm³/mol. The summed E-state index contributed by atoms with van der Waals surface area (Å²) in [4.78, 5) is 0. The molecule has 2 rings (SSSR count). The first kappa shape index (κ1) is 17.8. The number of benzene rings is 1. The molecule has 1 aliphatic rings. The largest absolute Gasteiger partial charge is 0.493 e. The minimum Gasteiger partial charge on any atom is -0.493 e. The Morgan fingerprint density at radius 3 is 2.39 bits per heavy atom. The first-order chi connectivity index (χ1) is 11.2. The Balaban J connectivity index is 2.53. The molecule has 2 atom stereocenters. The number of hydrogen-bond donors (Lipinski definition) is 1. The molecule has 0 aliphatic heterocycles. The number of ether oxygens (including phenoxy) is 5. The van der Waals surface area contributed by atoms with E-state index >= 15 is 0 Å². The highest BCUT2D eigenvalue weighted by molar-refractivity contribution is 5.60. The Bertz CT molecular complexity index is 520. The van der Waals surface area contributed by atoms with Gasteiger partial charge in [-0.05, 0) is 43.4 Å². The lowest BCUT2D eigenvalue weighted by molar-refractivity contribution is -0.0796. The highest BCUT2D eigenvalue weighted by Crippen LogP contribution is 2.47. The van der Waals surface area contributed by atoms with Crippen LogP contribution in [-0.2, 0) is 15.9 Å². The second-order valence-electron chi connectivity index (χ2n) is 5.65. The van der Waals surface area contributed by atoms with Gasteiger partial charge in [-0.1, -0.05) is 0 Å². The van der Waals surface area contributed by atoms with Crippen molar-refractivity contribution in [2.45, 2.75) is 25.4 Å². The van der Waals surface area contributed by atoms with Crippen molar-refractivity contribution in [3.05, 3.63) is 17.2 Å². The normalized spacial score (nSPS) is 20.6. The minimum absolute atomic E-state index is 0.102. The second kappa shape index (κ2) is 8.38. The van der Waals surface area contributed by atoms with E-state index in [1.807, 2.05) is 6.07 Å². The molecule has 0 saturated carbocycles. The smallest absolute Gasteiger partial charge is 0.203 e. The molecule has 130 valence electrons. The molecule has 2 N–H and O–H groups in total. The van der Waals surface area contributed by atoms with Gasteiger partial charge in [-0.25, -0.2) is 0 Å². The van der Waals surface area contributed by atoms with Gasteiger partial charge in [0.15, 0.2) is 11.5 Å². The molecule has 1 aliphatic carbocycles. The summed E-state index contributed by atoms with van der Waals surface area (Å²) in [7, 11) is 6.50. The van der Waals surface area contributed by atoms with Crippen molar-refractivity contribution in [1.82, 2.24) is 0 Å². The van der Waals surface area contributed by atoms with Gasteiger partial charge in [-0.2, -0.15) is 0 Å². The summed E-state index contributed by atoms with van der Waals surface area (Å²) in [5.74, 6) is 2.36. The maximum absolute atomic E-state index is 5.91. The fraction of sp³-hybridized carbons (Fsp3) is 0.647. The zero-order chi connectivity index (χ0) is 16.8. The molecule has 1 aromatic carbocycles. The highest BCUT2D eigenvalue weighted by Gasteiger charge is 2.30. The molecule has 0 fully saturated rings. The van der Waals surface area contributed by atoms with Gasteiger partial charge < -0.3 is 29.4 Å². The average molecular weight is 325 g/mol. The van der Waals surface area contributed by atoms with Gasteiger partial charge in [0, 0.05) is 12.7 Å². The van der Waals surface area contributed by atoms with Crippen LogP contribution in [-0.4, -0.2) is 41.8 Å². The van der Waals surface area contributed by atoms with Crippen molar-refractivity contribution in [2.24, 2.45) is 11.7 Å². The molecule has 1 unspecified atom stereocenters. The van der Waals surface area contributed by atoms with Crippen LogP contribution < -0.4 is 19.9 Å². The summed E-state index contributed by atoms with van der Waals surface area (Å²) >= 11 is 0. The van der Waals surface area contributed by atoms with Gasteiger partial charge in [-0.3, -0.25) is 0 Å². The Hall–Kier alpha value is -1.50. The Morgan fingerprint density at radius 1 is 1.09 bits per heavy atom. The summed E-state index contributed by atoms with van der Waals surface area (Å²) in [6.45, 7) is 0.871. The fourth-order valence-electron chi connectivity index (χ4n) is 3.20. The molecule has 0 bridgehead atoms. The van der Waals surface area contributed by atoms with Crippen LogP contribution >= 0.6 is 0 Å². The molecule has 1 aromatic rings. The van der Waals surface area contributed by atoms with Crippen LogP contribution in [0, 0.1) is 5.92 Å². The Kier molecular flexibility index (Phi) is 6.50. The van der Waals surface area contributed by atoms with E-state index in [0.717, 1.165) is 30.4 Å². The van der Waals surface area contributed by atoms with Crippen LogP contribution in [0.25, 0.3) is 0 Å². The number of nitrogens with two attached hydrogens (primary N) is 1. The fourth-order valence-corrected chi connectivity index (χ4v) is 3.20. The van der Waals surface area contributed by atoms with Crippen LogP contribution in [0.1, 0.15) is 30.1 Å². The quantitative estimate of drug-likeness (QED) is 0.612. The number of rotatable bonds is 7. The van der Waals surface area contributed by atoms with Crippen LogP contribution in [0.4, 0.5) is 0 Å². The van der Waals surface area contributed by atoms with Crippen LogP contribution in [0.15, 0.2) is 6.07 Å². The van der Waals surface area contributed by atoms with Gasteiger partial charge in [0.1, 0.15) is 6.79 Å². The molecule has 23 heavy (non-hydrogen) atoms. The number of hydrogen-bond acceptors (Lipinski definition) is 6. The average Bonchev–Trinajstić information content (AvgIpc) is 2.77. The first-order valence-corrected chi connectivity index (χ1v) is 7.82. The number of methoxy groups -OCH3 is 4. The summed E-state index contributed by atoms with van der Waals surface area (Å²) in [6.07, 6.45) is 2.61. The van der Waals surface area contributed by atoms with E-state index in [9.17, 15) is 0 Å². The lowest BCUT2D eigenvalue weighted by atomic mass is 9.97. The van der Waals surface area contributed by atoms with Crippen LogP contribution in [0.3, 0.4) is 0 Å². The monoisotopic (exact) mass is 325 g/mol. The third kappa shape index (κ3) is 3.71. The van der Waals surface area contributed by atoms with Crippen molar-refractivity contribution in [3.63, 3.8) is 0 Å². The Morgan fingerprint density at radius 2 is 1.83 bits per heavy atom. The maximum Gasteiger partial charge on any atom is 0.203 e. The topological polar surface area (TPSA) is 72.2 Å². The Labute approximate surface area is 137 Å². The zero-order valence-corrected chi connectivity index (χ0v) is 14.4. The van der Waals surface area contributed by atoms with Crippen LogP contribution in [0.5, 0.6) is 17.2 Å². The van der Waals surface area contributed by atoms with E-state index in [0.29, 0.717) is 29.7 Å². The van der Waals surface area contributed by atoms with E-state index in [2.05, 4.69) is 0 Å². The molecule has 0 spiro atoms. The van der Waals surface area contributed by atoms with Crippen LogP contribution in [0.2, 0.25) is 0 Å². The van der Waals surface area contributed by atoms with Crippen molar-refractivity contribution in [1.29, 1.82) is 0 Å². The molecule has 0 saturated heterocycles. The molecule has 0 heterocycles. The van der Waals surface area contributed by atoms with E-state index in [1.54, 1.807) is 28.4 Å². The summed E-state index contributed by atoms with van der Waals surface area (Å²) in [5.41, 5.74) is 8.08. The van der Waals surface area contributed by atoms with Gasteiger partial charge in [-0.15, -0.1) is 0 Å². The van der Waals surface area contributed by atoms with Gasteiger partial charge in [0.05, 0.1) is 27.4 Å². The first-order valence-electron chi connectivity index (χ1n) is 7.82. The summed E-state index contributed by atoms with van der Waals surface area (Å²) in [6, 6.07) is 1.98. The molecule has 0 radical (unpaired) electrons. The standard InChI is InChI=1S/C17H27NO5/c1-19-10-23-14-7-11(9-18)5-6-12-13(14)8-15(20-2)17(22-4)16(12)21-3/h8,11,14H,5-7,9-10,18H2,1-4H3/t11-,14?/m1/s1. The molecule has 6 heteroatoms. The lowest BCUT2D eigenvalue weighted by Crippen LogP contribution is -2.18. The predicted octanol–water partition coefficient (Wildman–Crippen LogP) is 2.29. The van der Waals surface area contributed by atoms with Crippen molar-refractivity contribution in [2.75, 3.05) is 41.8 Å². The van der Waals surface area contributed by atoms with E-state index in [-0.39, 0.29) is 12.9 Å². The van der Waals surface area contributed by atoms with Crippen molar-refractivity contribution in [3.8, 4) is 17.2 Å². The third-order valence-corrected chi connectivity index (χ3v) is 4.38. The highest BCUT2D eigenvalue weighted by atomic mass is 16.7. The van der Waals surface area contributed by atoms with E-state index < -0.39 is 0 Å². The molecule has 0 aromatic heterocycles. The SMILES string of the molecule is COCOC1C[C@H](CN)CCc2c1cc(OC)c(OC)c2OC. The summed E-state index contributed by atoms with van der Waals surface area (Å²) in [5, 5.41) is 0. The van der Waals surface area contributed by atoms with Gasteiger partial charge in [0.2, 0.25) is 5.75 Å². The van der Waals surface area contributed by atoms with Crippen molar-refractivity contribution < 1.29 is 23.7 Å². The summed E-state index contributed by atoms with van der Waals surface area (Å²) < 4.78 is 27.6. The zero-order valence-electron chi connectivity index (χ0n) is 14.4. The lowest BCUT2D eigenvalue weighted by Gasteiger charge is -2.23. The van der Waals surface area contributed by atoms with Crippen molar-refractivity contribution >= 4 is 0 Å². The maximum atomic E-state index is 5.91.